The number of anilines is 1. The number of benzene rings is 1. The number of nitrogens with one attached hydrogen (secondary N) is 1. The molecule has 0 aliphatic rings. The number of aryl methyl sites for hydroxylation is 1. The van der Waals surface area contributed by atoms with Gasteiger partial charge in [-0.05, 0) is 51.0 Å². The van der Waals surface area contributed by atoms with Gasteiger partial charge in [-0.2, -0.15) is 0 Å². The number of nitrogens with two attached hydrogens (primary N) is 1. The molecule has 5 N–H and O–H groups in total. The first kappa shape index (κ1) is 17.3. The minimum absolute atomic E-state index is 0.121. The Bertz CT molecular complexity index is 477. The minimum Gasteiger partial charge on any atom is -0.444 e. The van der Waals surface area contributed by atoms with Crippen molar-refractivity contribution in [3.8, 4) is 0 Å². The largest absolute Gasteiger partial charge is 0.444 e. The second-order valence-electron chi connectivity index (χ2n) is 6.07. The third-order valence-corrected chi connectivity index (χ3v) is 2.68. The molecule has 1 rings (SSSR count). The zero-order valence-electron chi connectivity index (χ0n) is 12.9. The number of carbonyl (C=O) groups excluding carboxylic acids is 1. The van der Waals surface area contributed by atoms with Crippen molar-refractivity contribution < 1.29 is 19.7 Å². The van der Waals surface area contributed by atoms with Gasteiger partial charge in [-0.1, -0.05) is 6.07 Å². The molecule has 21 heavy (non-hydrogen) atoms. The number of ether oxygens (including phenoxy) is 1. The summed E-state index contributed by atoms with van der Waals surface area (Å²) in [6.45, 7) is 6.95. The maximum atomic E-state index is 11.5. The highest BCUT2D eigenvalue weighted by Gasteiger charge is 2.21. The fourth-order valence-corrected chi connectivity index (χ4v) is 1.85. The Labute approximate surface area is 124 Å². The number of aliphatic hydroxyl groups is 2. The first-order valence-electron chi connectivity index (χ1n) is 6.78. The van der Waals surface area contributed by atoms with E-state index in [0.717, 1.165) is 5.56 Å². The van der Waals surface area contributed by atoms with Gasteiger partial charge in [0.25, 0.3) is 0 Å². The summed E-state index contributed by atoms with van der Waals surface area (Å²) >= 11 is 0. The van der Waals surface area contributed by atoms with E-state index in [4.69, 9.17) is 10.5 Å². The highest BCUT2D eigenvalue weighted by Crippen LogP contribution is 2.21. The Morgan fingerprint density at radius 2 is 1.95 bits per heavy atom. The van der Waals surface area contributed by atoms with E-state index in [1.54, 1.807) is 39.0 Å². The maximum absolute atomic E-state index is 11.5. The molecule has 0 aromatic heterocycles. The zero-order chi connectivity index (χ0) is 16.2. The third kappa shape index (κ3) is 6.01. The van der Waals surface area contributed by atoms with Crippen molar-refractivity contribution in [1.29, 1.82) is 0 Å². The topological polar surface area (TPSA) is 105 Å². The molecule has 0 aliphatic carbocycles. The first-order valence-corrected chi connectivity index (χ1v) is 6.78. The fraction of sp³-hybridized carbons (Fsp3) is 0.533. The van der Waals surface area contributed by atoms with E-state index in [9.17, 15) is 15.0 Å². The first-order chi connectivity index (χ1) is 9.58. The zero-order valence-corrected chi connectivity index (χ0v) is 12.9. The predicted octanol–water partition coefficient (Wildman–Crippen LogP) is 1.50. The second kappa shape index (κ2) is 6.78. The molecule has 6 heteroatoms. The highest BCUT2D eigenvalue weighted by atomic mass is 16.6. The molecule has 0 saturated heterocycles. The van der Waals surface area contributed by atoms with Crippen LogP contribution in [0, 0.1) is 6.92 Å². The van der Waals surface area contributed by atoms with Gasteiger partial charge in [-0.3, -0.25) is 0 Å². The van der Waals surface area contributed by atoms with Crippen LogP contribution >= 0.6 is 0 Å². The van der Waals surface area contributed by atoms with Crippen LogP contribution in [0.25, 0.3) is 0 Å². The van der Waals surface area contributed by atoms with E-state index >= 15 is 0 Å². The molecule has 1 aromatic rings. The number of aliphatic hydroxyl groups excluding tert-OH is 2. The molecule has 1 amide bonds. The van der Waals surface area contributed by atoms with Crippen LogP contribution in [-0.4, -0.2) is 34.6 Å². The summed E-state index contributed by atoms with van der Waals surface area (Å²) in [5, 5.41) is 22.4. The molecule has 0 aliphatic heterocycles. The summed E-state index contributed by atoms with van der Waals surface area (Å²) in [4.78, 5) is 11.5. The van der Waals surface area contributed by atoms with Crippen molar-refractivity contribution >= 4 is 11.8 Å². The molecule has 0 bridgehead atoms. The van der Waals surface area contributed by atoms with Gasteiger partial charge < -0.3 is 26.0 Å². The van der Waals surface area contributed by atoms with Gasteiger partial charge in [0.2, 0.25) is 0 Å². The maximum Gasteiger partial charge on any atom is 0.407 e. The Morgan fingerprint density at radius 3 is 2.48 bits per heavy atom. The van der Waals surface area contributed by atoms with Crippen LogP contribution in [-0.2, 0) is 4.74 Å². The number of nitrogen functional groups attached to an aromatic ring is 1. The minimum atomic E-state index is -1.15. The Hall–Kier alpha value is -1.79. The van der Waals surface area contributed by atoms with Crippen molar-refractivity contribution in [2.45, 2.75) is 45.5 Å². The van der Waals surface area contributed by atoms with E-state index in [1.807, 2.05) is 6.92 Å². The predicted molar refractivity (Wildman–Crippen MR) is 80.8 cm³/mol. The standard InChI is InChI=1S/C15H24N2O4/c1-9-5-10(7-11(16)6-9)13(19)12(18)8-17-14(20)21-15(2,3)4/h5-7,12-13,18-19H,8,16H2,1-4H3,(H,17,20). The van der Waals surface area contributed by atoms with Crippen molar-refractivity contribution in [3.63, 3.8) is 0 Å². The lowest BCUT2D eigenvalue weighted by Gasteiger charge is -2.22. The Balaban J connectivity index is 2.58. The summed E-state index contributed by atoms with van der Waals surface area (Å²) < 4.78 is 5.05. The van der Waals surface area contributed by atoms with Crippen LogP contribution in [0.15, 0.2) is 18.2 Å². The van der Waals surface area contributed by atoms with E-state index in [-0.39, 0.29) is 6.54 Å². The van der Waals surface area contributed by atoms with Crippen molar-refractivity contribution in [3.05, 3.63) is 29.3 Å². The van der Waals surface area contributed by atoms with Crippen LogP contribution in [0.3, 0.4) is 0 Å². The van der Waals surface area contributed by atoms with Crippen LogP contribution in [0.5, 0.6) is 0 Å². The number of hydrogen-bond acceptors (Lipinski definition) is 5. The monoisotopic (exact) mass is 296 g/mol. The van der Waals surface area contributed by atoms with Gasteiger partial charge in [0.15, 0.2) is 0 Å². The number of amides is 1. The van der Waals surface area contributed by atoms with Gasteiger partial charge in [-0.15, -0.1) is 0 Å². The van der Waals surface area contributed by atoms with Gasteiger partial charge in [0, 0.05) is 12.2 Å². The van der Waals surface area contributed by atoms with Crippen molar-refractivity contribution in [2.24, 2.45) is 0 Å². The average molecular weight is 296 g/mol. The fourth-order valence-electron chi connectivity index (χ4n) is 1.85. The number of carbonyl (C=O) groups is 1. The van der Waals surface area contributed by atoms with Gasteiger partial charge in [-0.25, -0.2) is 4.79 Å². The lowest BCUT2D eigenvalue weighted by molar-refractivity contribution is 0.0129. The Kier molecular flexibility index (Phi) is 5.57. The molecule has 0 radical (unpaired) electrons. The molecular weight excluding hydrogens is 272 g/mol. The smallest absolute Gasteiger partial charge is 0.407 e. The summed E-state index contributed by atoms with van der Waals surface area (Å²) in [7, 11) is 0. The molecular formula is C15H24N2O4. The summed E-state index contributed by atoms with van der Waals surface area (Å²) in [6.07, 6.45) is -2.93. The quantitative estimate of drug-likeness (QED) is 0.630. The average Bonchev–Trinajstić information content (AvgIpc) is 2.31. The second-order valence-corrected chi connectivity index (χ2v) is 6.07. The van der Waals surface area contributed by atoms with Gasteiger partial charge >= 0.3 is 6.09 Å². The molecule has 2 unspecified atom stereocenters. The third-order valence-electron chi connectivity index (χ3n) is 2.68. The van der Waals surface area contributed by atoms with Crippen LogP contribution in [0.2, 0.25) is 0 Å². The van der Waals surface area contributed by atoms with Crippen LogP contribution < -0.4 is 11.1 Å². The molecule has 0 saturated carbocycles. The highest BCUT2D eigenvalue weighted by molar-refractivity contribution is 5.67. The van der Waals surface area contributed by atoms with Crippen LogP contribution in [0.4, 0.5) is 10.5 Å². The number of rotatable bonds is 4. The molecule has 2 atom stereocenters. The van der Waals surface area contributed by atoms with E-state index in [2.05, 4.69) is 5.32 Å². The summed E-state index contributed by atoms with van der Waals surface area (Å²) in [6, 6.07) is 5.09. The molecule has 6 nitrogen and oxygen atoms in total. The van der Waals surface area contributed by atoms with E-state index in [0.29, 0.717) is 11.3 Å². The number of hydrogen-bond donors (Lipinski definition) is 4. The molecule has 0 fully saturated rings. The Morgan fingerprint density at radius 1 is 1.33 bits per heavy atom. The van der Waals surface area contributed by atoms with Crippen molar-refractivity contribution in [1.82, 2.24) is 5.32 Å². The molecule has 118 valence electrons. The SMILES string of the molecule is Cc1cc(N)cc(C(O)C(O)CNC(=O)OC(C)(C)C)c1. The summed E-state index contributed by atoms with van der Waals surface area (Å²) in [5.74, 6) is 0. The van der Waals surface area contributed by atoms with E-state index < -0.39 is 23.9 Å². The van der Waals surface area contributed by atoms with Crippen LogP contribution in [0.1, 0.15) is 38.0 Å². The van der Waals surface area contributed by atoms with E-state index in [1.165, 1.54) is 0 Å². The lowest BCUT2D eigenvalue weighted by atomic mass is 10.0. The van der Waals surface area contributed by atoms with Gasteiger partial charge in [0.05, 0.1) is 0 Å². The molecule has 1 aromatic carbocycles. The molecule has 0 spiro atoms. The normalized spacial score (nSPS) is 14.4. The summed E-state index contributed by atoms with van der Waals surface area (Å²) in [5.41, 5.74) is 7.00. The van der Waals surface area contributed by atoms with Gasteiger partial charge in [0.1, 0.15) is 17.8 Å². The molecule has 0 heterocycles. The van der Waals surface area contributed by atoms with Crippen molar-refractivity contribution in [2.75, 3.05) is 12.3 Å². The number of alkyl carbamates (subject to hydrolysis) is 1. The lowest BCUT2D eigenvalue weighted by Crippen LogP contribution is -2.38.